The molecule has 0 saturated heterocycles. The normalized spacial score (nSPS) is 18.4. The maximum absolute atomic E-state index is 5.85. The van der Waals surface area contributed by atoms with Gasteiger partial charge in [-0.3, -0.25) is 0 Å². The molecule has 1 heterocycles. The number of hydrogen-bond acceptors (Lipinski definition) is 3. The molecule has 0 aromatic carbocycles. The molecule has 1 unspecified atom stereocenters. The largest absolute Gasteiger partial charge is 0.383 e. The monoisotopic (exact) mass is 215 g/mol. The van der Waals surface area contributed by atoms with Crippen LogP contribution in [0.4, 0.5) is 5.82 Å². The Balaban J connectivity index is 2.20. The van der Waals surface area contributed by atoms with Gasteiger partial charge in [0.15, 0.2) is 0 Å². The molecule has 78 valence electrons. The van der Waals surface area contributed by atoms with E-state index < -0.39 is 0 Å². The summed E-state index contributed by atoms with van der Waals surface area (Å²) in [6.45, 7) is 0.646. The zero-order valence-electron chi connectivity index (χ0n) is 8.11. The van der Waals surface area contributed by atoms with Crippen molar-refractivity contribution in [2.75, 3.05) is 19.5 Å². The lowest BCUT2D eigenvalue weighted by atomic mass is 10.2. The highest BCUT2D eigenvalue weighted by Gasteiger charge is 2.34. The molecule has 14 heavy (non-hydrogen) atoms. The number of anilines is 1. The minimum atomic E-state index is 0.243. The Bertz CT molecular complexity index is 322. The van der Waals surface area contributed by atoms with E-state index in [0.717, 1.165) is 0 Å². The molecule has 2 rings (SSSR count). The predicted molar refractivity (Wildman–Crippen MR) is 55.3 cm³/mol. The molecule has 1 aromatic rings. The van der Waals surface area contributed by atoms with Crippen LogP contribution in [0.2, 0.25) is 5.02 Å². The van der Waals surface area contributed by atoms with Gasteiger partial charge in [-0.05, 0) is 18.8 Å². The predicted octanol–water partition coefficient (Wildman–Crippen LogP) is 1.72. The number of rotatable bonds is 4. The number of nitrogens with zero attached hydrogens (tertiary/aromatic N) is 2. The van der Waals surface area contributed by atoms with E-state index in [9.17, 15) is 0 Å². The van der Waals surface area contributed by atoms with Gasteiger partial charge in [-0.25, -0.2) is 4.68 Å². The first-order valence-electron chi connectivity index (χ1n) is 4.71. The maximum Gasteiger partial charge on any atom is 0.141 e. The van der Waals surface area contributed by atoms with Crippen molar-refractivity contribution in [1.82, 2.24) is 9.78 Å². The molecule has 0 bridgehead atoms. The standard InChI is InChI=1S/C9H14ClN3O/c1-14-5-8(6-2-3-6)13-9(11)7(10)4-12-13/h4,6,8H,2-3,5,11H2,1H3. The molecule has 1 aliphatic carbocycles. The minimum Gasteiger partial charge on any atom is -0.383 e. The van der Waals surface area contributed by atoms with Crippen molar-refractivity contribution in [2.24, 2.45) is 5.92 Å². The van der Waals surface area contributed by atoms with E-state index >= 15 is 0 Å². The van der Waals surface area contributed by atoms with Crippen molar-refractivity contribution >= 4 is 17.4 Å². The Morgan fingerprint density at radius 1 is 1.79 bits per heavy atom. The Labute approximate surface area is 88.0 Å². The van der Waals surface area contributed by atoms with Crippen LogP contribution in [0, 0.1) is 5.92 Å². The second-order valence-corrected chi connectivity index (χ2v) is 4.09. The molecular formula is C9H14ClN3O. The van der Waals surface area contributed by atoms with Gasteiger partial charge < -0.3 is 10.5 Å². The molecule has 0 spiro atoms. The molecule has 5 heteroatoms. The van der Waals surface area contributed by atoms with Crippen molar-refractivity contribution < 1.29 is 4.74 Å². The average Bonchev–Trinajstić information content (AvgIpc) is 2.94. The lowest BCUT2D eigenvalue weighted by Crippen LogP contribution is -2.19. The first kappa shape index (κ1) is 9.80. The van der Waals surface area contributed by atoms with E-state index in [4.69, 9.17) is 22.1 Å². The van der Waals surface area contributed by atoms with Crippen LogP contribution >= 0.6 is 11.6 Å². The molecule has 2 N–H and O–H groups in total. The van der Waals surface area contributed by atoms with Gasteiger partial charge in [0.25, 0.3) is 0 Å². The Hall–Kier alpha value is -0.740. The lowest BCUT2D eigenvalue weighted by molar-refractivity contribution is 0.140. The second-order valence-electron chi connectivity index (χ2n) is 3.68. The van der Waals surface area contributed by atoms with E-state index in [1.54, 1.807) is 18.0 Å². The fourth-order valence-electron chi connectivity index (χ4n) is 1.67. The van der Waals surface area contributed by atoms with Crippen LogP contribution in [0.25, 0.3) is 0 Å². The zero-order valence-corrected chi connectivity index (χ0v) is 8.87. The van der Waals surface area contributed by atoms with Crippen LogP contribution in [0.3, 0.4) is 0 Å². The zero-order chi connectivity index (χ0) is 10.1. The molecule has 0 radical (unpaired) electrons. The van der Waals surface area contributed by atoms with E-state index in [0.29, 0.717) is 23.4 Å². The fourth-order valence-corrected chi connectivity index (χ4v) is 1.80. The molecule has 0 aliphatic heterocycles. The van der Waals surface area contributed by atoms with Gasteiger partial charge in [0.2, 0.25) is 0 Å². The topological polar surface area (TPSA) is 53.1 Å². The number of nitrogens with two attached hydrogens (primary N) is 1. The summed E-state index contributed by atoms with van der Waals surface area (Å²) < 4.78 is 6.95. The quantitative estimate of drug-likeness (QED) is 0.832. The van der Waals surface area contributed by atoms with Crippen molar-refractivity contribution in [3.05, 3.63) is 11.2 Å². The summed E-state index contributed by atoms with van der Waals surface area (Å²) in [4.78, 5) is 0. The summed E-state index contributed by atoms with van der Waals surface area (Å²) in [5.74, 6) is 1.19. The highest BCUT2D eigenvalue weighted by molar-refractivity contribution is 6.32. The van der Waals surface area contributed by atoms with Gasteiger partial charge in [-0.2, -0.15) is 5.10 Å². The molecule has 1 fully saturated rings. The summed E-state index contributed by atoms with van der Waals surface area (Å²) >= 11 is 5.85. The third kappa shape index (κ3) is 1.72. The summed E-state index contributed by atoms with van der Waals surface area (Å²) in [6, 6.07) is 0.243. The third-order valence-electron chi connectivity index (χ3n) is 2.60. The number of nitrogen functional groups attached to an aromatic ring is 1. The van der Waals surface area contributed by atoms with E-state index in [2.05, 4.69) is 5.10 Å². The second kappa shape index (κ2) is 3.79. The number of ether oxygens (including phenoxy) is 1. The fraction of sp³-hybridized carbons (Fsp3) is 0.667. The molecule has 1 atom stereocenters. The molecule has 1 saturated carbocycles. The van der Waals surface area contributed by atoms with Crippen molar-refractivity contribution in [3.8, 4) is 0 Å². The van der Waals surface area contributed by atoms with E-state index in [-0.39, 0.29) is 6.04 Å². The Morgan fingerprint density at radius 2 is 2.50 bits per heavy atom. The van der Waals surface area contributed by atoms with Crippen molar-refractivity contribution in [1.29, 1.82) is 0 Å². The molecular weight excluding hydrogens is 202 g/mol. The number of halogens is 1. The van der Waals surface area contributed by atoms with Gasteiger partial charge in [0.05, 0.1) is 18.8 Å². The van der Waals surface area contributed by atoms with Gasteiger partial charge in [0, 0.05) is 7.11 Å². The Morgan fingerprint density at radius 3 is 2.93 bits per heavy atom. The summed E-state index contributed by atoms with van der Waals surface area (Å²) in [5, 5.41) is 4.70. The van der Waals surface area contributed by atoms with E-state index in [1.165, 1.54) is 12.8 Å². The van der Waals surface area contributed by atoms with Crippen LogP contribution in [-0.2, 0) is 4.74 Å². The molecule has 1 aliphatic rings. The van der Waals surface area contributed by atoms with Crippen LogP contribution in [0.15, 0.2) is 6.20 Å². The summed E-state index contributed by atoms with van der Waals surface area (Å²) in [6.07, 6.45) is 4.04. The highest BCUT2D eigenvalue weighted by Crippen LogP contribution is 2.41. The highest BCUT2D eigenvalue weighted by atomic mass is 35.5. The SMILES string of the molecule is COCC(C1CC1)n1ncc(Cl)c1N. The Kier molecular flexibility index (Phi) is 2.65. The van der Waals surface area contributed by atoms with Crippen LogP contribution in [0.5, 0.6) is 0 Å². The van der Waals surface area contributed by atoms with Gasteiger partial charge >= 0.3 is 0 Å². The molecule has 4 nitrogen and oxygen atoms in total. The van der Waals surface area contributed by atoms with Crippen molar-refractivity contribution in [3.63, 3.8) is 0 Å². The lowest BCUT2D eigenvalue weighted by Gasteiger charge is -2.17. The smallest absolute Gasteiger partial charge is 0.141 e. The maximum atomic E-state index is 5.85. The van der Waals surface area contributed by atoms with Gasteiger partial charge in [-0.1, -0.05) is 11.6 Å². The first-order valence-corrected chi connectivity index (χ1v) is 5.09. The van der Waals surface area contributed by atoms with Gasteiger partial charge in [-0.15, -0.1) is 0 Å². The number of hydrogen-bond donors (Lipinski definition) is 1. The van der Waals surface area contributed by atoms with Gasteiger partial charge in [0.1, 0.15) is 10.8 Å². The minimum absolute atomic E-state index is 0.243. The molecule has 0 amide bonds. The van der Waals surface area contributed by atoms with Crippen molar-refractivity contribution in [2.45, 2.75) is 18.9 Å². The first-order chi connectivity index (χ1) is 6.74. The van der Waals surface area contributed by atoms with Crippen LogP contribution < -0.4 is 5.73 Å². The number of aromatic nitrogens is 2. The summed E-state index contributed by atoms with van der Waals surface area (Å²) in [7, 11) is 1.69. The van der Waals surface area contributed by atoms with E-state index in [1.807, 2.05) is 0 Å². The third-order valence-corrected chi connectivity index (χ3v) is 2.90. The van der Waals surface area contributed by atoms with Crippen LogP contribution in [-0.4, -0.2) is 23.5 Å². The molecule has 1 aromatic heterocycles. The summed E-state index contributed by atoms with van der Waals surface area (Å²) in [5.41, 5.74) is 5.81. The number of methoxy groups -OCH3 is 1. The average molecular weight is 216 g/mol. The van der Waals surface area contributed by atoms with Crippen LogP contribution in [0.1, 0.15) is 18.9 Å².